The third-order valence-electron chi connectivity index (χ3n) is 1.43. The van der Waals surface area contributed by atoms with E-state index in [2.05, 4.69) is 12.0 Å². The third kappa shape index (κ3) is 1.68. The van der Waals surface area contributed by atoms with E-state index in [1.807, 2.05) is 5.01 Å². The molecule has 0 atom stereocenters. The summed E-state index contributed by atoms with van der Waals surface area (Å²) in [5.74, 6) is 0. The van der Waals surface area contributed by atoms with E-state index >= 15 is 0 Å². The lowest BCUT2D eigenvalue weighted by molar-refractivity contribution is 0.327. The van der Waals surface area contributed by atoms with Gasteiger partial charge in [-0.3, -0.25) is 5.01 Å². The van der Waals surface area contributed by atoms with E-state index in [1.54, 1.807) is 0 Å². The minimum absolute atomic E-state index is 0.705. The fourth-order valence-corrected chi connectivity index (χ4v) is 0.943. The number of rotatable bonds is 2. The second-order valence-corrected chi connectivity index (χ2v) is 2.33. The van der Waals surface area contributed by atoms with E-state index in [9.17, 15) is 0 Å². The van der Waals surface area contributed by atoms with Crippen LogP contribution in [0.4, 0.5) is 0 Å². The second kappa shape index (κ2) is 2.82. The molecule has 1 aliphatic heterocycles. The number of nitrogens with two attached hydrogens (primary N) is 1. The lowest BCUT2D eigenvalue weighted by atomic mass is 10.3. The Kier molecular flexibility index (Phi) is 2.05. The molecule has 0 saturated carbocycles. The Morgan fingerprint density at radius 2 is 2.56 bits per heavy atom. The van der Waals surface area contributed by atoms with Crippen LogP contribution in [0.25, 0.3) is 0 Å². The van der Waals surface area contributed by atoms with E-state index in [1.165, 1.54) is 5.71 Å². The van der Waals surface area contributed by atoms with Gasteiger partial charge in [0.25, 0.3) is 0 Å². The quantitative estimate of drug-likeness (QED) is 0.568. The van der Waals surface area contributed by atoms with Crippen molar-refractivity contribution < 1.29 is 0 Å². The van der Waals surface area contributed by atoms with Crippen LogP contribution < -0.4 is 5.73 Å². The van der Waals surface area contributed by atoms with Gasteiger partial charge in [-0.15, -0.1) is 0 Å². The summed E-state index contributed by atoms with van der Waals surface area (Å²) in [5, 5.41) is 6.27. The van der Waals surface area contributed by atoms with Gasteiger partial charge in [0, 0.05) is 31.8 Å². The maximum absolute atomic E-state index is 5.34. The highest BCUT2D eigenvalue weighted by Crippen LogP contribution is 2.03. The molecule has 0 fully saturated rings. The molecule has 0 aromatic rings. The summed E-state index contributed by atoms with van der Waals surface area (Å²) in [5.41, 5.74) is 6.57. The Balaban J connectivity index is 2.29. The molecule has 0 unspecified atom stereocenters. The zero-order valence-corrected chi connectivity index (χ0v) is 5.80. The fraction of sp³-hybridized carbons (Fsp3) is 0.833. The molecule has 0 bridgehead atoms. The number of hydrogen-bond acceptors (Lipinski definition) is 3. The van der Waals surface area contributed by atoms with Gasteiger partial charge in [-0.05, 0) is 6.92 Å². The molecular weight excluding hydrogens is 114 g/mol. The zero-order valence-electron chi connectivity index (χ0n) is 5.80. The van der Waals surface area contributed by atoms with Gasteiger partial charge in [-0.2, -0.15) is 5.10 Å². The van der Waals surface area contributed by atoms with Crippen molar-refractivity contribution in [2.24, 2.45) is 10.8 Å². The van der Waals surface area contributed by atoms with Gasteiger partial charge in [0.15, 0.2) is 0 Å². The monoisotopic (exact) mass is 127 g/mol. The first-order valence-corrected chi connectivity index (χ1v) is 3.32. The summed E-state index contributed by atoms with van der Waals surface area (Å²) in [6, 6.07) is 0. The van der Waals surface area contributed by atoms with Crippen molar-refractivity contribution in [3.05, 3.63) is 0 Å². The standard InChI is InChI=1S/C6H13N3/c1-6-2-4-9(8-6)5-3-7/h2-5,7H2,1H3. The minimum Gasteiger partial charge on any atom is -0.329 e. The van der Waals surface area contributed by atoms with Crippen LogP contribution >= 0.6 is 0 Å². The van der Waals surface area contributed by atoms with Crippen LogP contribution in [-0.2, 0) is 0 Å². The van der Waals surface area contributed by atoms with Gasteiger partial charge in [-0.25, -0.2) is 0 Å². The van der Waals surface area contributed by atoms with E-state index < -0.39 is 0 Å². The first kappa shape index (κ1) is 6.55. The molecule has 52 valence electrons. The van der Waals surface area contributed by atoms with E-state index in [0.29, 0.717) is 6.54 Å². The molecule has 3 heteroatoms. The van der Waals surface area contributed by atoms with Crippen molar-refractivity contribution in [1.29, 1.82) is 0 Å². The SMILES string of the molecule is CC1=NN(CCN)CC1. The van der Waals surface area contributed by atoms with Crippen LogP contribution in [0.2, 0.25) is 0 Å². The Bertz CT molecular complexity index is 119. The highest BCUT2D eigenvalue weighted by Gasteiger charge is 2.07. The average molecular weight is 127 g/mol. The molecule has 0 aromatic heterocycles. The Morgan fingerprint density at radius 1 is 1.78 bits per heavy atom. The largest absolute Gasteiger partial charge is 0.329 e. The summed E-state index contributed by atoms with van der Waals surface area (Å²) < 4.78 is 0. The molecule has 3 nitrogen and oxygen atoms in total. The Labute approximate surface area is 55.5 Å². The van der Waals surface area contributed by atoms with Crippen molar-refractivity contribution >= 4 is 5.71 Å². The summed E-state index contributed by atoms with van der Waals surface area (Å²) in [6.07, 6.45) is 1.11. The van der Waals surface area contributed by atoms with Crippen molar-refractivity contribution in [3.8, 4) is 0 Å². The average Bonchev–Trinajstić information content (AvgIpc) is 2.17. The molecule has 0 spiro atoms. The van der Waals surface area contributed by atoms with Gasteiger partial charge < -0.3 is 5.73 Å². The van der Waals surface area contributed by atoms with Gasteiger partial charge in [0.05, 0.1) is 0 Å². The summed E-state index contributed by atoms with van der Waals surface area (Å²) in [6.45, 7) is 4.72. The van der Waals surface area contributed by atoms with Crippen LogP contribution in [0.3, 0.4) is 0 Å². The lowest BCUT2D eigenvalue weighted by Crippen LogP contribution is -2.22. The van der Waals surface area contributed by atoms with Crippen LogP contribution in [-0.4, -0.2) is 30.4 Å². The number of hydrogen-bond donors (Lipinski definition) is 1. The van der Waals surface area contributed by atoms with Gasteiger partial charge in [0.1, 0.15) is 0 Å². The summed E-state index contributed by atoms with van der Waals surface area (Å²) >= 11 is 0. The molecule has 1 rings (SSSR count). The normalized spacial score (nSPS) is 18.4. The highest BCUT2D eigenvalue weighted by molar-refractivity contribution is 5.82. The molecule has 0 saturated heterocycles. The van der Waals surface area contributed by atoms with Crippen LogP contribution in [0, 0.1) is 0 Å². The zero-order chi connectivity index (χ0) is 6.69. The van der Waals surface area contributed by atoms with Gasteiger partial charge >= 0.3 is 0 Å². The topological polar surface area (TPSA) is 41.6 Å². The molecule has 0 amide bonds. The van der Waals surface area contributed by atoms with Crippen LogP contribution in [0.1, 0.15) is 13.3 Å². The Hall–Kier alpha value is -0.570. The molecule has 0 radical (unpaired) electrons. The molecule has 1 aliphatic rings. The first-order chi connectivity index (χ1) is 4.33. The van der Waals surface area contributed by atoms with Crippen molar-refractivity contribution in [1.82, 2.24) is 5.01 Å². The van der Waals surface area contributed by atoms with E-state index in [4.69, 9.17) is 5.73 Å². The molecule has 2 N–H and O–H groups in total. The summed E-state index contributed by atoms with van der Waals surface area (Å²) in [7, 11) is 0. The second-order valence-electron chi connectivity index (χ2n) is 2.33. The van der Waals surface area contributed by atoms with Crippen molar-refractivity contribution in [2.75, 3.05) is 19.6 Å². The van der Waals surface area contributed by atoms with E-state index in [-0.39, 0.29) is 0 Å². The van der Waals surface area contributed by atoms with Crippen molar-refractivity contribution in [2.45, 2.75) is 13.3 Å². The predicted octanol–water partition coefficient (Wildman–Crippen LogP) is 0.0267. The molecule has 0 aromatic carbocycles. The van der Waals surface area contributed by atoms with Crippen molar-refractivity contribution in [3.63, 3.8) is 0 Å². The highest BCUT2D eigenvalue weighted by atomic mass is 15.5. The molecule has 9 heavy (non-hydrogen) atoms. The maximum atomic E-state index is 5.34. The van der Waals surface area contributed by atoms with Gasteiger partial charge in [-0.1, -0.05) is 0 Å². The fourth-order valence-electron chi connectivity index (χ4n) is 0.943. The van der Waals surface area contributed by atoms with Crippen LogP contribution in [0.5, 0.6) is 0 Å². The molecule has 1 heterocycles. The number of nitrogens with zero attached hydrogens (tertiary/aromatic N) is 2. The predicted molar refractivity (Wildman–Crippen MR) is 38.4 cm³/mol. The van der Waals surface area contributed by atoms with E-state index in [0.717, 1.165) is 19.5 Å². The maximum Gasteiger partial charge on any atom is 0.0483 e. The third-order valence-corrected chi connectivity index (χ3v) is 1.43. The molecular formula is C6H13N3. The minimum atomic E-state index is 0.705. The first-order valence-electron chi connectivity index (χ1n) is 3.32. The van der Waals surface area contributed by atoms with Gasteiger partial charge in [0.2, 0.25) is 0 Å². The summed E-state index contributed by atoms with van der Waals surface area (Å²) in [4.78, 5) is 0. The lowest BCUT2D eigenvalue weighted by Gasteiger charge is -2.10. The smallest absolute Gasteiger partial charge is 0.0483 e. The van der Waals surface area contributed by atoms with Crippen LogP contribution in [0.15, 0.2) is 5.10 Å². The Morgan fingerprint density at radius 3 is 3.00 bits per heavy atom. The molecule has 0 aliphatic carbocycles. The number of hydrazone groups is 1.